The van der Waals surface area contributed by atoms with Crippen molar-refractivity contribution in [3.05, 3.63) is 330 Å². The Morgan fingerprint density at radius 1 is 0.338 bits per heavy atom. The zero-order valence-electron chi connectivity index (χ0n) is 82.2. The number of fused-ring (bicyclic) bond motifs is 6. The fraction of sp³-hybridized carbons (Fsp3) is 0.315. The van der Waals surface area contributed by atoms with Gasteiger partial charge in [0.15, 0.2) is 74.4 Å². The van der Waals surface area contributed by atoms with Crippen molar-refractivity contribution in [3.8, 4) is 0 Å². The van der Waals surface area contributed by atoms with Crippen LogP contribution in [0.15, 0.2) is 248 Å². The van der Waals surface area contributed by atoms with Gasteiger partial charge >= 0.3 is 0 Å². The summed E-state index contributed by atoms with van der Waals surface area (Å²) in [5.74, 6) is 1.99. The van der Waals surface area contributed by atoms with Crippen LogP contribution >= 0.6 is 45.9 Å². The maximum atomic E-state index is 14.8. The van der Waals surface area contributed by atoms with Crippen molar-refractivity contribution in [1.82, 2.24) is 78.3 Å². The second kappa shape index (κ2) is 44.2. The van der Waals surface area contributed by atoms with Gasteiger partial charge in [-0.15, -0.1) is 22.7 Å². The number of nitrogens with zero attached hydrogens (tertiary/aromatic N) is 24. The minimum absolute atomic E-state index is 0.246. The van der Waals surface area contributed by atoms with Crippen molar-refractivity contribution in [3.63, 3.8) is 0 Å². The van der Waals surface area contributed by atoms with Crippen molar-refractivity contribution in [1.29, 1.82) is 21.6 Å². The number of aliphatic imine (C=N–C) groups is 2. The normalized spacial score (nSPS) is 14.8. The van der Waals surface area contributed by atoms with E-state index in [1.165, 1.54) is 72.0 Å². The van der Waals surface area contributed by atoms with Crippen LogP contribution in [0.2, 0.25) is 10.0 Å². The van der Waals surface area contributed by atoms with Crippen LogP contribution in [-0.4, -0.2) is 178 Å². The summed E-state index contributed by atoms with van der Waals surface area (Å²) in [7, 11) is 11.9. The third kappa shape index (κ3) is 23.8. The van der Waals surface area contributed by atoms with Crippen LogP contribution in [0.25, 0.3) is 65.4 Å². The molecule has 4 saturated heterocycles. The van der Waals surface area contributed by atoms with E-state index in [9.17, 15) is 13.2 Å². The molecule has 0 atom stereocenters. The number of amidine groups is 6. The van der Waals surface area contributed by atoms with Gasteiger partial charge in [0, 0.05) is 202 Å². The highest BCUT2D eigenvalue weighted by Crippen LogP contribution is 2.33. The average Bonchev–Trinajstić information content (AvgIpc) is 1.62. The predicted molar refractivity (Wildman–Crippen MR) is 562 cm³/mol. The molecule has 0 radical (unpaired) electrons. The topological polar surface area (TPSA) is 315 Å². The van der Waals surface area contributed by atoms with Crippen molar-refractivity contribution >= 4 is 146 Å². The molecule has 18 aromatic rings. The van der Waals surface area contributed by atoms with Crippen LogP contribution in [0, 0.1) is 39.1 Å². The lowest BCUT2D eigenvalue weighted by Crippen LogP contribution is -2.28. The number of hydrogen-bond donors (Lipinski definition) is 6. The van der Waals surface area contributed by atoms with Gasteiger partial charge in [0.25, 0.3) is 0 Å². The maximum absolute atomic E-state index is 14.8. The first kappa shape index (κ1) is 98.9. The van der Waals surface area contributed by atoms with Gasteiger partial charge in [-0.05, 0) is 125 Å². The molecule has 2 aliphatic carbocycles. The first-order chi connectivity index (χ1) is 70.2. The number of pyridine rings is 6. The Morgan fingerprint density at radius 3 is 0.986 bits per heavy atom. The van der Waals surface area contributed by atoms with Gasteiger partial charge < -0.3 is 31.1 Å². The second-order valence-corrected chi connectivity index (χ2v) is 40.9. The Kier molecular flexibility index (Phi) is 30.2. The van der Waals surface area contributed by atoms with Crippen molar-refractivity contribution in [2.75, 3.05) is 52.4 Å². The summed E-state index contributed by atoms with van der Waals surface area (Å²) in [5, 5.41) is 71.2. The Hall–Kier alpha value is -14.8. The van der Waals surface area contributed by atoms with E-state index in [0.717, 1.165) is 193 Å². The van der Waals surface area contributed by atoms with E-state index in [1.807, 2.05) is 192 Å². The fourth-order valence-corrected chi connectivity index (χ4v) is 20.6. The fourth-order valence-electron chi connectivity index (χ4n) is 18.4. The van der Waals surface area contributed by atoms with Gasteiger partial charge in [0.1, 0.15) is 128 Å². The molecule has 6 aliphatic rings. The van der Waals surface area contributed by atoms with Crippen LogP contribution in [0.4, 0.5) is 13.2 Å². The SMILES string of the molecule is C[n+]1ccc2cnn(Cc3c(F)cc(C(=N)N4CCCC4)cc3Cl)c2c1.C[n+]1ccc2cnn(Cc3c(F)cc(C(N)=NC4CC4)cc3Cl)c2c1.C[n+]1ccc2cnn(Cc3cc(C(=N)N4CCCC4)cs3)c2c1.C[n+]1ccc2cnn(Cc3cc(C(N)=NC4CC4)cs3)c2c1.C[n+]1ccc2cnn(Cc3ccc(C(=N)N4CCCC4)cc3)c2c1.C[n+]1ccc2cnn(Cc3ccc(C(=N)N4CCCC4)cc3F)c2c1. The zero-order chi connectivity index (χ0) is 101. The van der Waals surface area contributed by atoms with Crippen LogP contribution in [0.3, 0.4) is 0 Å². The molecule has 742 valence electrons. The van der Waals surface area contributed by atoms with E-state index in [4.69, 9.17) is 56.3 Å². The molecule has 0 unspecified atom stereocenters. The number of aryl methyl sites for hydroxylation is 6. The van der Waals surface area contributed by atoms with Gasteiger partial charge in [-0.1, -0.05) is 59.6 Å². The number of thiophene rings is 2. The summed E-state index contributed by atoms with van der Waals surface area (Å²) in [6.45, 7) is 10.6. The lowest BCUT2D eigenvalue weighted by molar-refractivity contribution is -0.670. The molecule has 8 N–H and O–H groups in total. The van der Waals surface area contributed by atoms with E-state index in [2.05, 4.69) is 134 Å². The highest BCUT2D eigenvalue weighted by molar-refractivity contribution is 7.10. The Balaban J connectivity index is 0.000000110. The molecule has 6 fully saturated rings. The summed E-state index contributed by atoms with van der Waals surface area (Å²) in [6.07, 6.45) is 48.8. The number of nitrogens with two attached hydrogens (primary N) is 2. The number of benzene rings is 4. The third-order valence-corrected chi connectivity index (χ3v) is 29.5. The Bertz CT molecular complexity index is 7840. The average molecular weight is 2030 g/mol. The summed E-state index contributed by atoms with van der Waals surface area (Å²) >= 11 is 16.1. The van der Waals surface area contributed by atoms with E-state index in [0.29, 0.717) is 91.0 Å². The van der Waals surface area contributed by atoms with Gasteiger partial charge in [0.05, 0.1) is 88.5 Å². The van der Waals surface area contributed by atoms with E-state index in [1.54, 1.807) is 73.5 Å². The molecule has 18 heterocycles. The summed E-state index contributed by atoms with van der Waals surface area (Å²) in [6, 6.07) is 36.8. The van der Waals surface area contributed by atoms with Crippen LogP contribution in [-0.2, 0) is 81.6 Å². The first-order valence-electron chi connectivity index (χ1n) is 49.1. The Morgan fingerprint density at radius 2 is 0.628 bits per heavy atom. The van der Waals surface area contributed by atoms with Crippen LogP contribution in [0.1, 0.15) is 142 Å². The highest BCUT2D eigenvalue weighted by Gasteiger charge is 2.28. The van der Waals surface area contributed by atoms with E-state index >= 15 is 0 Å². The predicted octanol–water partition coefficient (Wildman–Crippen LogP) is 14.7. The van der Waals surface area contributed by atoms with Gasteiger partial charge in [-0.2, -0.15) is 30.6 Å². The molecule has 14 aromatic heterocycles. The molecule has 4 aromatic carbocycles. The number of hydrogen-bond acceptors (Lipinski definition) is 14. The summed E-state index contributed by atoms with van der Waals surface area (Å²) < 4.78 is 67.4. The highest BCUT2D eigenvalue weighted by atomic mass is 35.5. The number of aromatic nitrogens is 18. The summed E-state index contributed by atoms with van der Waals surface area (Å²) in [5.41, 5.74) is 25.5. The molecule has 0 spiro atoms. The van der Waals surface area contributed by atoms with E-state index in [-0.39, 0.29) is 24.9 Å². The molecule has 0 amide bonds. The number of rotatable bonds is 20. The molecular weight excluding hydrogens is 1910 g/mol. The van der Waals surface area contributed by atoms with Gasteiger partial charge in [-0.25, -0.2) is 40.6 Å². The van der Waals surface area contributed by atoms with Gasteiger partial charge in [-0.3, -0.25) is 59.7 Å². The minimum atomic E-state index is -0.402. The monoisotopic (exact) mass is 2030 g/mol. The molecule has 4 aliphatic heterocycles. The lowest BCUT2D eigenvalue weighted by Gasteiger charge is -2.19. The molecule has 145 heavy (non-hydrogen) atoms. The number of likely N-dealkylation sites (tertiary alicyclic amines) is 4. The van der Waals surface area contributed by atoms with Crippen molar-refractivity contribution in [2.45, 2.75) is 128 Å². The lowest BCUT2D eigenvalue weighted by atomic mass is 10.1. The molecule has 24 rings (SSSR count). The minimum Gasteiger partial charge on any atom is -0.383 e. The summed E-state index contributed by atoms with van der Waals surface area (Å²) in [4.78, 5) is 19.6. The van der Waals surface area contributed by atoms with Crippen molar-refractivity contribution in [2.24, 2.45) is 63.7 Å². The third-order valence-electron chi connectivity index (χ3n) is 26.9. The molecule has 2 saturated carbocycles. The molecule has 0 bridgehead atoms. The van der Waals surface area contributed by atoms with E-state index < -0.39 is 11.6 Å². The number of halogens is 5. The van der Waals surface area contributed by atoms with Gasteiger partial charge in [0.2, 0.25) is 0 Å². The Labute approximate surface area is 856 Å². The number of nitrogens with one attached hydrogen (secondary N) is 4. The quantitative estimate of drug-likeness (QED) is 0.0236. The molecular formula is C108H119Cl2F3N30S2+6. The standard InChI is InChI=1S/C19H20ClFN5.C19H21FN5.C19H22N5.C18H18ClFN5.C17H20N5S.C16H18N5S/c1-24-7-4-13-10-23-26(18(13)12-24)11-15-16(20)8-14(9-17(15)21)19(22)25-5-2-3-6-25;1-23-9-6-15-11-22-25(18(15)13-23)12-16-5-4-14(10-17(16)20)19(21)24-7-2-3-8-24;1-22-11-8-17-12-21-24(18(17)14-22)13-15-4-6-16(7-5-15)19(20)23-9-2-3-10-23;1-24-5-4-11-8-22-25(17(11)10-24)9-14-15(19)6-12(7-16(14)20)18(21)23-13-2-3-13;1-20-7-4-13-9-19-22(16(13)11-20)10-15-8-14(12-23-15)17(18)21-5-2-3-6-21;1-20-5-4-11-7-18-21(15(11)9-20)8-14-6-12(10-22-14)16(17)19-13-2-3-13/h4,7-10,12,22H,2-3,5-6,11H2,1H3;4-6,9-11,13,21H,2-3,7-8,12H2,1H3;4-8,11-12,14,20H,2-3,9-10,13H2,1H3;4-8,10,13H,2-3,9H2,1H3,(H2,21,23);4,7-9,11-12,18H,2-3,5-6,10H2,1H3;4-7,9-10,13H,2-3,8H2,1H3,(H2,17,19)/q6*+1. The second-order valence-electron chi connectivity index (χ2n) is 38.1. The van der Waals surface area contributed by atoms with Crippen molar-refractivity contribution < 1.29 is 40.6 Å². The van der Waals surface area contributed by atoms with Crippen LogP contribution in [0.5, 0.6) is 0 Å². The maximum Gasteiger partial charge on any atom is 0.194 e. The zero-order valence-corrected chi connectivity index (χ0v) is 85.3. The largest absolute Gasteiger partial charge is 0.383 e. The first-order valence-corrected chi connectivity index (χ1v) is 51.6. The molecule has 37 heteroatoms. The molecule has 30 nitrogen and oxygen atoms in total. The van der Waals surface area contributed by atoms with Crippen LogP contribution < -0.4 is 38.9 Å². The smallest absolute Gasteiger partial charge is 0.194 e.